The van der Waals surface area contributed by atoms with Gasteiger partial charge in [-0.25, -0.2) is 0 Å². The zero-order valence-corrected chi connectivity index (χ0v) is 23.5. The van der Waals surface area contributed by atoms with Crippen molar-refractivity contribution in [3.05, 3.63) is 89.5 Å². The average Bonchev–Trinajstić information content (AvgIpc) is 2.99. The van der Waals surface area contributed by atoms with Gasteiger partial charge in [-0.05, 0) is 61.7 Å². The van der Waals surface area contributed by atoms with E-state index in [2.05, 4.69) is 10.6 Å². The van der Waals surface area contributed by atoms with Crippen LogP contribution in [0.25, 0.3) is 0 Å². The van der Waals surface area contributed by atoms with Gasteiger partial charge in [-0.1, -0.05) is 36.4 Å². The van der Waals surface area contributed by atoms with E-state index in [0.717, 1.165) is 5.56 Å². The number of fused-ring (bicyclic) bond motifs is 2. The summed E-state index contributed by atoms with van der Waals surface area (Å²) in [6, 6.07) is 21.4. The molecular weight excluding hydrogens is 522 g/mol. The van der Waals surface area contributed by atoms with Gasteiger partial charge in [0.05, 0.1) is 37.3 Å². The van der Waals surface area contributed by atoms with Crippen LogP contribution in [0.4, 0.5) is 5.69 Å². The number of benzene rings is 3. The number of nitrogens with one attached hydrogen (secondary N) is 2. The van der Waals surface area contributed by atoms with Crippen LogP contribution in [0.1, 0.15) is 58.5 Å². The van der Waals surface area contributed by atoms with Gasteiger partial charge in [0.15, 0.2) is 0 Å². The van der Waals surface area contributed by atoms with Gasteiger partial charge in [-0.2, -0.15) is 0 Å². The number of carbonyl (C=O) groups excluding carboxylic acids is 3. The third-order valence-corrected chi connectivity index (χ3v) is 7.69. The summed E-state index contributed by atoms with van der Waals surface area (Å²) in [7, 11) is 3.30. The fourth-order valence-electron chi connectivity index (χ4n) is 5.41. The minimum atomic E-state index is -0.373. The molecule has 3 aromatic carbocycles. The molecule has 0 spiro atoms. The molecule has 0 bridgehead atoms. The molecule has 3 amide bonds. The number of amides is 3. The van der Waals surface area contributed by atoms with E-state index in [0.29, 0.717) is 41.2 Å². The van der Waals surface area contributed by atoms with Crippen molar-refractivity contribution in [1.82, 2.24) is 10.2 Å². The number of ether oxygens (including phenoxy) is 3. The molecule has 0 aromatic heterocycles. The number of likely N-dealkylation sites (N-methyl/N-ethyl adjacent to an activating group) is 1. The molecule has 9 nitrogen and oxygen atoms in total. The molecule has 2 N–H and O–H groups in total. The monoisotopic (exact) mass is 557 g/mol. The van der Waals surface area contributed by atoms with E-state index < -0.39 is 0 Å². The Labute approximate surface area is 239 Å². The van der Waals surface area contributed by atoms with Crippen molar-refractivity contribution in [2.45, 2.75) is 50.5 Å². The third kappa shape index (κ3) is 6.52. The average molecular weight is 558 g/mol. The lowest BCUT2D eigenvalue weighted by atomic mass is 9.94. The maximum Gasteiger partial charge on any atom is 0.257 e. The minimum Gasteiger partial charge on any atom is -0.497 e. The van der Waals surface area contributed by atoms with E-state index in [9.17, 15) is 14.4 Å². The van der Waals surface area contributed by atoms with Gasteiger partial charge < -0.3 is 29.7 Å². The van der Waals surface area contributed by atoms with E-state index in [1.807, 2.05) is 37.3 Å². The van der Waals surface area contributed by atoms with Gasteiger partial charge in [-0.3, -0.25) is 14.4 Å². The van der Waals surface area contributed by atoms with Gasteiger partial charge in [0, 0.05) is 18.3 Å². The second kappa shape index (κ2) is 12.4. The predicted molar refractivity (Wildman–Crippen MR) is 154 cm³/mol. The number of methoxy groups -OCH3 is 1. The van der Waals surface area contributed by atoms with Gasteiger partial charge in [0.25, 0.3) is 11.8 Å². The predicted octanol–water partition coefficient (Wildman–Crippen LogP) is 4.60. The summed E-state index contributed by atoms with van der Waals surface area (Å²) >= 11 is 0. The zero-order chi connectivity index (χ0) is 28.9. The van der Waals surface area contributed by atoms with Crippen LogP contribution in [0.5, 0.6) is 11.5 Å². The van der Waals surface area contributed by atoms with Crippen LogP contribution in [0.3, 0.4) is 0 Å². The molecule has 0 radical (unpaired) electrons. The van der Waals surface area contributed by atoms with E-state index in [-0.39, 0.29) is 55.0 Å². The molecule has 0 aliphatic carbocycles. The summed E-state index contributed by atoms with van der Waals surface area (Å²) in [5.74, 6) is 0.388. The summed E-state index contributed by atoms with van der Waals surface area (Å²) in [6.45, 7) is 2.20. The number of carbonyl (C=O) groups is 3. The topological polar surface area (TPSA) is 106 Å². The summed E-state index contributed by atoms with van der Waals surface area (Å²) in [5.41, 5.74) is 2.33. The molecule has 3 aromatic rings. The largest absolute Gasteiger partial charge is 0.497 e. The van der Waals surface area contributed by atoms with Crippen LogP contribution in [0, 0.1) is 0 Å². The highest BCUT2D eigenvalue weighted by atomic mass is 16.5. The maximum absolute atomic E-state index is 13.5. The van der Waals surface area contributed by atoms with Crippen molar-refractivity contribution in [2.75, 3.05) is 26.1 Å². The van der Waals surface area contributed by atoms with Gasteiger partial charge in [-0.15, -0.1) is 0 Å². The van der Waals surface area contributed by atoms with E-state index in [4.69, 9.17) is 14.2 Å². The molecule has 4 atom stereocenters. The highest BCUT2D eigenvalue weighted by Gasteiger charge is 2.39. The molecule has 5 rings (SSSR count). The number of anilines is 1. The van der Waals surface area contributed by atoms with Gasteiger partial charge >= 0.3 is 0 Å². The maximum atomic E-state index is 13.5. The Morgan fingerprint density at radius 2 is 1.85 bits per heavy atom. The quantitative estimate of drug-likeness (QED) is 0.440. The van der Waals surface area contributed by atoms with Crippen LogP contribution in [0.2, 0.25) is 0 Å². The molecular formula is C32H35N3O6. The lowest BCUT2D eigenvalue weighted by Gasteiger charge is -2.42. The highest BCUT2D eigenvalue weighted by Crippen LogP contribution is 2.33. The Morgan fingerprint density at radius 3 is 2.63 bits per heavy atom. The third-order valence-electron chi connectivity index (χ3n) is 7.69. The van der Waals surface area contributed by atoms with E-state index in [1.165, 1.54) is 0 Å². The smallest absolute Gasteiger partial charge is 0.257 e. The summed E-state index contributed by atoms with van der Waals surface area (Å²) in [4.78, 5) is 40.8. The number of hydrogen-bond acceptors (Lipinski definition) is 6. The van der Waals surface area contributed by atoms with Crippen LogP contribution in [-0.4, -0.2) is 61.6 Å². The Hall–Kier alpha value is -4.37. The van der Waals surface area contributed by atoms with Crippen LogP contribution < -0.4 is 20.1 Å². The number of rotatable bonds is 7. The second-order valence-electron chi connectivity index (χ2n) is 10.5. The first kappa shape index (κ1) is 28.2. The standard InChI is InChI=1S/C32H35N3O6/c1-20(21-8-5-4-6-9-21)33-30(36)18-25-13-14-27-29(41-25)19-40-28-15-12-23(17-26(28)32(38)35(27)2)34-31(37)22-10-7-11-24(16-22)39-3/h4-12,15-17,20,25,27,29H,13-14,18-19H2,1-3H3,(H,33,36)(H,34,37)/t20-,25-,27-,29-/m1/s1. The number of nitrogens with zero attached hydrogens (tertiary/aromatic N) is 1. The van der Waals surface area contributed by atoms with Crippen molar-refractivity contribution in [3.8, 4) is 11.5 Å². The first-order valence-corrected chi connectivity index (χ1v) is 13.8. The molecule has 0 saturated carbocycles. The van der Waals surface area contributed by atoms with Gasteiger partial charge in [0.2, 0.25) is 5.91 Å². The molecule has 214 valence electrons. The zero-order valence-electron chi connectivity index (χ0n) is 23.5. The fourth-order valence-corrected chi connectivity index (χ4v) is 5.41. The molecule has 2 heterocycles. The molecule has 41 heavy (non-hydrogen) atoms. The Kier molecular flexibility index (Phi) is 8.54. The van der Waals surface area contributed by atoms with Crippen molar-refractivity contribution in [3.63, 3.8) is 0 Å². The molecule has 9 heteroatoms. The van der Waals surface area contributed by atoms with Gasteiger partial charge in [0.1, 0.15) is 24.2 Å². The molecule has 1 fully saturated rings. The first-order valence-electron chi connectivity index (χ1n) is 13.8. The lowest BCUT2D eigenvalue weighted by Crippen LogP contribution is -2.54. The Morgan fingerprint density at radius 1 is 1.05 bits per heavy atom. The van der Waals surface area contributed by atoms with Crippen molar-refractivity contribution in [2.24, 2.45) is 0 Å². The lowest BCUT2D eigenvalue weighted by molar-refractivity contribution is -0.134. The van der Waals surface area contributed by atoms with E-state index in [1.54, 1.807) is 61.5 Å². The fraction of sp³-hybridized carbons (Fsp3) is 0.344. The Balaban J connectivity index is 1.23. The molecule has 2 aliphatic rings. The van der Waals surface area contributed by atoms with Crippen molar-refractivity contribution >= 4 is 23.4 Å². The number of hydrogen-bond donors (Lipinski definition) is 2. The summed E-state index contributed by atoms with van der Waals surface area (Å²) in [5, 5.41) is 5.90. The SMILES string of the molecule is COc1cccc(C(=O)Nc2ccc3c(c2)C(=O)N(C)[C@@H]2CC[C@H](CC(=O)N[C@H](C)c4ccccc4)O[C@@H]2CO3)c1. The molecule has 2 aliphatic heterocycles. The van der Waals surface area contributed by atoms with Crippen molar-refractivity contribution in [1.29, 1.82) is 0 Å². The minimum absolute atomic E-state index is 0.0742. The summed E-state index contributed by atoms with van der Waals surface area (Å²) < 4.78 is 17.6. The van der Waals surface area contributed by atoms with Crippen LogP contribution in [-0.2, 0) is 9.53 Å². The Bertz CT molecular complexity index is 1410. The first-order chi connectivity index (χ1) is 19.8. The summed E-state index contributed by atoms with van der Waals surface area (Å²) in [6.07, 6.45) is 0.937. The van der Waals surface area contributed by atoms with Crippen molar-refractivity contribution < 1.29 is 28.6 Å². The second-order valence-corrected chi connectivity index (χ2v) is 10.5. The molecule has 1 saturated heterocycles. The van der Waals surface area contributed by atoms with E-state index >= 15 is 0 Å². The van der Waals surface area contributed by atoms with Crippen LogP contribution in [0.15, 0.2) is 72.8 Å². The normalized spacial score (nSPS) is 20.8. The highest BCUT2D eigenvalue weighted by molar-refractivity contribution is 6.05. The molecule has 0 unspecified atom stereocenters. The van der Waals surface area contributed by atoms with Crippen LogP contribution >= 0.6 is 0 Å².